The lowest BCUT2D eigenvalue weighted by Crippen LogP contribution is -2.46. The first-order chi connectivity index (χ1) is 8.74. The summed E-state index contributed by atoms with van der Waals surface area (Å²) in [5.41, 5.74) is 1.32. The number of hydrogen-bond acceptors (Lipinski definition) is 3. The van der Waals surface area contributed by atoms with Crippen molar-refractivity contribution >= 4 is 0 Å². The van der Waals surface area contributed by atoms with Crippen LogP contribution in [0.1, 0.15) is 25.5 Å². The first-order valence-corrected chi connectivity index (χ1v) is 6.81. The average molecular weight is 248 g/mol. The average Bonchev–Trinajstić information content (AvgIpc) is 2.40. The Morgan fingerprint density at radius 2 is 1.83 bits per heavy atom. The summed E-state index contributed by atoms with van der Waals surface area (Å²) in [6.07, 6.45) is 0. The number of rotatable bonds is 4. The molecule has 1 aliphatic rings. The summed E-state index contributed by atoms with van der Waals surface area (Å²) in [5, 5.41) is 3.42. The molecule has 2 rings (SSSR count). The summed E-state index contributed by atoms with van der Waals surface area (Å²) in [6, 6.07) is 8.86. The van der Waals surface area contributed by atoms with Crippen LogP contribution in [0.5, 0.6) is 5.75 Å². The molecule has 3 nitrogen and oxygen atoms in total. The predicted molar refractivity (Wildman–Crippen MR) is 75.0 cm³/mol. The summed E-state index contributed by atoms with van der Waals surface area (Å²) < 4.78 is 5.52. The summed E-state index contributed by atoms with van der Waals surface area (Å²) in [4.78, 5) is 2.57. The van der Waals surface area contributed by atoms with Gasteiger partial charge in [-0.2, -0.15) is 0 Å². The van der Waals surface area contributed by atoms with Crippen LogP contribution in [0.4, 0.5) is 0 Å². The van der Waals surface area contributed by atoms with Crippen molar-refractivity contribution < 1.29 is 4.74 Å². The van der Waals surface area contributed by atoms with E-state index in [0.29, 0.717) is 12.0 Å². The normalized spacial score (nSPS) is 18.9. The zero-order valence-electron chi connectivity index (χ0n) is 11.6. The Hall–Kier alpha value is -1.06. The number of ether oxygens (including phenoxy) is 1. The van der Waals surface area contributed by atoms with Gasteiger partial charge in [-0.25, -0.2) is 0 Å². The summed E-state index contributed by atoms with van der Waals surface area (Å²) in [5.74, 6) is 1.59. The summed E-state index contributed by atoms with van der Waals surface area (Å²) in [7, 11) is 1.76. The summed E-state index contributed by atoms with van der Waals surface area (Å²) >= 11 is 0. The molecule has 0 aliphatic carbocycles. The minimum Gasteiger partial charge on any atom is -0.496 e. The van der Waals surface area contributed by atoms with E-state index in [0.717, 1.165) is 31.9 Å². The molecule has 0 amide bonds. The first-order valence-electron chi connectivity index (χ1n) is 6.81. The van der Waals surface area contributed by atoms with E-state index in [1.165, 1.54) is 5.56 Å². The lowest BCUT2D eigenvalue weighted by atomic mass is 9.93. The van der Waals surface area contributed by atoms with Crippen LogP contribution >= 0.6 is 0 Å². The monoisotopic (exact) mass is 248 g/mol. The maximum absolute atomic E-state index is 5.52. The van der Waals surface area contributed by atoms with Crippen LogP contribution in [0.3, 0.4) is 0 Å². The van der Waals surface area contributed by atoms with Gasteiger partial charge in [0.05, 0.1) is 7.11 Å². The number of nitrogens with zero attached hydrogens (tertiary/aromatic N) is 1. The van der Waals surface area contributed by atoms with Gasteiger partial charge in [0.2, 0.25) is 0 Å². The van der Waals surface area contributed by atoms with E-state index >= 15 is 0 Å². The molecule has 1 saturated heterocycles. The lowest BCUT2D eigenvalue weighted by molar-refractivity contribution is 0.134. The number of piperazine rings is 1. The van der Waals surface area contributed by atoms with E-state index in [-0.39, 0.29) is 0 Å². The molecule has 0 spiro atoms. The highest BCUT2D eigenvalue weighted by Gasteiger charge is 2.26. The van der Waals surface area contributed by atoms with E-state index in [1.807, 2.05) is 6.07 Å². The van der Waals surface area contributed by atoms with E-state index in [1.54, 1.807) is 7.11 Å². The summed E-state index contributed by atoms with van der Waals surface area (Å²) in [6.45, 7) is 8.97. The minimum atomic E-state index is 0.447. The van der Waals surface area contributed by atoms with Crippen LogP contribution in [0.15, 0.2) is 24.3 Å². The Morgan fingerprint density at radius 3 is 2.44 bits per heavy atom. The third kappa shape index (κ3) is 2.85. The van der Waals surface area contributed by atoms with Gasteiger partial charge in [-0.3, -0.25) is 4.90 Å². The third-order valence-corrected chi connectivity index (χ3v) is 3.63. The Kier molecular flexibility index (Phi) is 4.61. The Morgan fingerprint density at radius 1 is 1.17 bits per heavy atom. The van der Waals surface area contributed by atoms with Gasteiger partial charge in [0.25, 0.3) is 0 Å². The molecule has 1 atom stereocenters. The molecule has 0 radical (unpaired) electrons. The van der Waals surface area contributed by atoms with Crippen LogP contribution in [-0.2, 0) is 0 Å². The second-order valence-corrected chi connectivity index (χ2v) is 5.22. The van der Waals surface area contributed by atoms with E-state index in [2.05, 4.69) is 42.3 Å². The number of nitrogens with one attached hydrogen (secondary N) is 1. The molecule has 0 aromatic heterocycles. The quantitative estimate of drug-likeness (QED) is 0.885. The molecule has 0 saturated carbocycles. The third-order valence-electron chi connectivity index (χ3n) is 3.63. The molecule has 1 fully saturated rings. The molecule has 1 N–H and O–H groups in total. The van der Waals surface area contributed by atoms with Crippen LogP contribution < -0.4 is 10.1 Å². The molecule has 3 heteroatoms. The Balaban J connectivity index is 2.28. The minimum absolute atomic E-state index is 0.447. The number of hydrogen-bond donors (Lipinski definition) is 1. The highest BCUT2D eigenvalue weighted by molar-refractivity contribution is 5.36. The zero-order valence-corrected chi connectivity index (χ0v) is 11.6. The van der Waals surface area contributed by atoms with Crippen molar-refractivity contribution in [3.8, 4) is 5.75 Å². The van der Waals surface area contributed by atoms with Crippen molar-refractivity contribution in [1.82, 2.24) is 10.2 Å². The van der Waals surface area contributed by atoms with E-state index in [4.69, 9.17) is 4.74 Å². The Labute approximate surface area is 110 Å². The number of benzene rings is 1. The van der Waals surface area contributed by atoms with Crippen LogP contribution in [0.25, 0.3) is 0 Å². The van der Waals surface area contributed by atoms with Gasteiger partial charge in [0, 0.05) is 37.8 Å². The fourth-order valence-electron chi connectivity index (χ4n) is 2.85. The SMILES string of the molecule is COc1ccccc1C(C(C)C)N1CCNCC1. The standard InChI is InChI=1S/C15H24N2O/c1-12(2)15(17-10-8-16-9-11-17)13-6-4-5-7-14(13)18-3/h4-7,12,15-16H,8-11H2,1-3H3. The molecule has 100 valence electrons. The van der Waals surface area contributed by atoms with Gasteiger partial charge in [0.15, 0.2) is 0 Å². The van der Waals surface area contributed by atoms with Crippen molar-refractivity contribution in [1.29, 1.82) is 0 Å². The molecule has 1 aromatic carbocycles. The first kappa shape index (κ1) is 13.4. The second kappa shape index (κ2) is 6.21. The van der Waals surface area contributed by atoms with Gasteiger partial charge in [-0.05, 0) is 12.0 Å². The van der Waals surface area contributed by atoms with Gasteiger partial charge >= 0.3 is 0 Å². The highest BCUT2D eigenvalue weighted by Crippen LogP contribution is 2.34. The van der Waals surface area contributed by atoms with Crippen LogP contribution in [0.2, 0.25) is 0 Å². The van der Waals surface area contributed by atoms with Crippen molar-refractivity contribution in [3.63, 3.8) is 0 Å². The highest BCUT2D eigenvalue weighted by atomic mass is 16.5. The fourth-order valence-corrected chi connectivity index (χ4v) is 2.85. The maximum atomic E-state index is 5.52. The van der Waals surface area contributed by atoms with Crippen LogP contribution in [-0.4, -0.2) is 38.2 Å². The largest absolute Gasteiger partial charge is 0.496 e. The Bertz CT molecular complexity index is 373. The maximum Gasteiger partial charge on any atom is 0.123 e. The van der Waals surface area contributed by atoms with Gasteiger partial charge in [0.1, 0.15) is 5.75 Å². The second-order valence-electron chi connectivity index (χ2n) is 5.22. The van der Waals surface area contributed by atoms with Crippen molar-refractivity contribution in [3.05, 3.63) is 29.8 Å². The van der Waals surface area contributed by atoms with E-state index in [9.17, 15) is 0 Å². The lowest BCUT2D eigenvalue weighted by Gasteiger charge is -2.38. The molecule has 1 aromatic rings. The molecular formula is C15H24N2O. The molecule has 1 aliphatic heterocycles. The zero-order chi connectivity index (χ0) is 13.0. The van der Waals surface area contributed by atoms with Gasteiger partial charge in [-0.1, -0.05) is 32.0 Å². The van der Waals surface area contributed by atoms with Crippen LogP contribution in [0, 0.1) is 5.92 Å². The topological polar surface area (TPSA) is 24.5 Å². The molecule has 1 heterocycles. The van der Waals surface area contributed by atoms with Gasteiger partial charge in [-0.15, -0.1) is 0 Å². The number of methoxy groups -OCH3 is 1. The fraction of sp³-hybridized carbons (Fsp3) is 0.600. The van der Waals surface area contributed by atoms with Gasteiger partial charge < -0.3 is 10.1 Å². The molecule has 0 bridgehead atoms. The van der Waals surface area contributed by atoms with E-state index < -0.39 is 0 Å². The molecule has 18 heavy (non-hydrogen) atoms. The smallest absolute Gasteiger partial charge is 0.123 e. The number of para-hydroxylation sites is 1. The van der Waals surface area contributed by atoms with Crippen molar-refractivity contribution in [2.24, 2.45) is 5.92 Å². The van der Waals surface area contributed by atoms with Crippen molar-refractivity contribution in [2.75, 3.05) is 33.3 Å². The predicted octanol–water partition coefficient (Wildman–Crippen LogP) is 2.30. The van der Waals surface area contributed by atoms with Crippen molar-refractivity contribution in [2.45, 2.75) is 19.9 Å². The molecule has 1 unspecified atom stereocenters. The molecular weight excluding hydrogens is 224 g/mol.